The predicted molar refractivity (Wildman–Crippen MR) is 90.7 cm³/mol. The van der Waals surface area contributed by atoms with Gasteiger partial charge in [0.15, 0.2) is 5.11 Å². The van der Waals surface area contributed by atoms with Gasteiger partial charge in [-0.1, -0.05) is 18.2 Å². The van der Waals surface area contributed by atoms with Crippen LogP contribution in [0.3, 0.4) is 0 Å². The summed E-state index contributed by atoms with van der Waals surface area (Å²) in [5.41, 5.74) is -2.27. The van der Waals surface area contributed by atoms with E-state index in [1.807, 2.05) is 0 Å². The summed E-state index contributed by atoms with van der Waals surface area (Å²) in [6.07, 6.45) is -9.78. The van der Waals surface area contributed by atoms with Gasteiger partial charge in [0, 0.05) is 5.69 Å². The van der Waals surface area contributed by atoms with Crippen LogP contribution in [0, 0.1) is 0 Å². The van der Waals surface area contributed by atoms with Crippen molar-refractivity contribution in [2.45, 2.75) is 25.3 Å². The third kappa shape index (κ3) is 5.35. The van der Waals surface area contributed by atoms with E-state index in [4.69, 9.17) is 12.2 Å². The summed E-state index contributed by atoms with van der Waals surface area (Å²) in [4.78, 5) is 0. The zero-order valence-corrected chi connectivity index (χ0v) is 14.2. The molecule has 26 heavy (non-hydrogen) atoms. The highest BCUT2D eigenvalue weighted by molar-refractivity contribution is 7.80. The van der Waals surface area contributed by atoms with Crippen LogP contribution in [0.5, 0.6) is 0 Å². The van der Waals surface area contributed by atoms with E-state index in [-0.39, 0.29) is 16.7 Å². The van der Waals surface area contributed by atoms with Gasteiger partial charge in [-0.25, -0.2) is 0 Å². The van der Waals surface area contributed by atoms with Crippen molar-refractivity contribution in [1.82, 2.24) is 5.32 Å². The Hall–Kier alpha value is -2.29. The Morgan fingerprint density at radius 3 is 1.85 bits per heavy atom. The number of rotatable bonds is 3. The molecule has 0 saturated carbocycles. The van der Waals surface area contributed by atoms with E-state index >= 15 is 0 Å². The minimum Gasteiger partial charge on any atom is -0.356 e. The average molecular weight is 392 g/mol. The van der Waals surface area contributed by atoms with Crippen LogP contribution >= 0.6 is 12.2 Å². The van der Waals surface area contributed by atoms with E-state index in [2.05, 4.69) is 10.6 Å². The molecule has 1 atom stereocenters. The molecule has 0 aliphatic heterocycles. The Labute approximate surface area is 151 Å². The van der Waals surface area contributed by atoms with E-state index in [0.29, 0.717) is 17.8 Å². The summed E-state index contributed by atoms with van der Waals surface area (Å²) < 4.78 is 77.5. The fourth-order valence-corrected chi connectivity index (χ4v) is 2.49. The number of thiocarbonyl (C=S) groups is 1. The van der Waals surface area contributed by atoms with Crippen molar-refractivity contribution >= 4 is 23.0 Å². The Balaban J connectivity index is 2.24. The predicted octanol–water partition coefficient (Wildman–Crippen LogP) is 5.77. The van der Waals surface area contributed by atoms with Crippen LogP contribution in [0.15, 0.2) is 48.5 Å². The van der Waals surface area contributed by atoms with Crippen molar-refractivity contribution in [3.8, 4) is 0 Å². The van der Waals surface area contributed by atoms with Gasteiger partial charge in [0.25, 0.3) is 0 Å². The topological polar surface area (TPSA) is 24.1 Å². The number of halogens is 6. The molecule has 0 bridgehead atoms. The first-order valence-electron chi connectivity index (χ1n) is 7.39. The summed E-state index contributed by atoms with van der Waals surface area (Å²) in [5.74, 6) is 0. The molecule has 9 heteroatoms. The van der Waals surface area contributed by atoms with Crippen molar-refractivity contribution in [2.75, 3.05) is 5.32 Å². The summed E-state index contributed by atoms with van der Waals surface area (Å²) in [7, 11) is 0. The number of hydrogen-bond donors (Lipinski definition) is 2. The number of anilines is 1. The lowest BCUT2D eigenvalue weighted by atomic mass is 10.0. The lowest BCUT2D eigenvalue weighted by Gasteiger charge is -2.20. The highest BCUT2D eigenvalue weighted by atomic mass is 32.1. The molecule has 0 spiro atoms. The van der Waals surface area contributed by atoms with Crippen LogP contribution in [0.25, 0.3) is 0 Å². The molecule has 0 aliphatic rings. The molecule has 0 fully saturated rings. The number of para-hydroxylation sites is 1. The van der Waals surface area contributed by atoms with Crippen LogP contribution in [0.2, 0.25) is 0 Å². The molecule has 2 N–H and O–H groups in total. The number of benzene rings is 2. The summed E-state index contributed by atoms with van der Waals surface area (Å²) >= 11 is 5.06. The molecule has 0 heterocycles. The smallest absolute Gasteiger partial charge is 0.356 e. The molecule has 0 radical (unpaired) electrons. The number of alkyl halides is 6. The molecule has 140 valence electrons. The molecular weight excluding hydrogens is 378 g/mol. The monoisotopic (exact) mass is 392 g/mol. The Morgan fingerprint density at radius 2 is 1.38 bits per heavy atom. The highest BCUT2D eigenvalue weighted by Crippen LogP contribution is 2.37. The molecular formula is C17H14F6N2S. The van der Waals surface area contributed by atoms with Crippen molar-refractivity contribution in [3.05, 3.63) is 65.2 Å². The molecule has 0 aromatic heterocycles. The maximum atomic E-state index is 12.9. The maximum absolute atomic E-state index is 12.9. The zero-order valence-electron chi connectivity index (χ0n) is 13.4. The molecule has 0 amide bonds. The molecule has 2 nitrogen and oxygen atoms in total. The van der Waals surface area contributed by atoms with Gasteiger partial charge in [-0.2, -0.15) is 26.3 Å². The Bertz CT molecular complexity index is 739. The van der Waals surface area contributed by atoms with Gasteiger partial charge < -0.3 is 10.6 Å². The quantitative estimate of drug-likeness (QED) is 0.512. The van der Waals surface area contributed by atoms with E-state index in [9.17, 15) is 26.3 Å². The summed E-state index contributed by atoms with van der Waals surface area (Å²) in [6.45, 7) is 1.43. The lowest BCUT2D eigenvalue weighted by molar-refractivity contribution is -0.143. The molecule has 2 aromatic rings. The normalized spacial score (nSPS) is 13.2. The van der Waals surface area contributed by atoms with Gasteiger partial charge in [-0.15, -0.1) is 0 Å². The first-order chi connectivity index (χ1) is 12.0. The molecule has 0 aliphatic carbocycles. The first kappa shape index (κ1) is 20.0. The van der Waals surface area contributed by atoms with Gasteiger partial charge in [0.1, 0.15) is 0 Å². The van der Waals surface area contributed by atoms with Crippen LogP contribution in [0.4, 0.5) is 32.0 Å². The second kappa shape index (κ2) is 7.53. The molecule has 2 aromatic carbocycles. The van der Waals surface area contributed by atoms with Crippen molar-refractivity contribution in [3.63, 3.8) is 0 Å². The van der Waals surface area contributed by atoms with E-state index in [0.717, 1.165) is 0 Å². The van der Waals surface area contributed by atoms with Crippen molar-refractivity contribution in [2.24, 2.45) is 0 Å². The van der Waals surface area contributed by atoms with Crippen LogP contribution in [-0.4, -0.2) is 5.11 Å². The largest absolute Gasteiger partial charge is 0.416 e. The van der Waals surface area contributed by atoms with E-state index in [1.54, 1.807) is 30.3 Å². The van der Waals surface area contributed by atoms with E-state index in [1.165, 1.54) is 6.92 Å². The second-order valence-corrected chi connectivity index (χ2v) is 5.93. The van der Waals surface area contributed by atoms with Gasteiger partial charge in [-0.3, -0.25) is 0 Å². The van der Waals surface area contributed by atoms with Gasteiger partial charge in [0.2, 0.25) is 0 Å². The minimum atomic E-state index is -4.89. The van der Waals surface area contributed by atoms with Crippen LogP contribution < -0.4 is 10.6 Å². The van der Waals surface area contributed by atoms with Gasteiger partial charge >= 0.3 is 12.4 Å². The van der Waals surface area contributed by atoms with Crippen molar-refractivity contribution < 1.29 is 26.3 Å². The first-order valence-corrected chi connectivity index (χ1v) is 7.79. The third-order valence-electron chi connectivity index (χ3n) is 3.49. The third-order valence-corrected chi connectivity index (χ3v) is 3.71. The molecule has 0 saturated heterocycles. The fraction of sp³-hybridized carbons (Fsp3) is 0.235. The molecule has 2 rings (SSSR count). The lowest BCUT2D eigenvalue weighted by Crippen LogP contribution is -2.31. The van der Waals surface area contributed by atoms with Crippen molar-refractivity contribution in [1.29, 1.82) is 0 Å². The Morgan fingerprint density at radius 1 is 0.885 bits per heavy atom. The van der Waals surface area contributed by atoms with Crippen LogP contribution in [0.1, 0.15) is 29.7 Å². The standard InChI is InChI=1S/C17H14F6N2S/c1-10(24-15(26)25-14-5-3-2-4-6-14)11-7-12(16(18,19)20)9-13(8-11)17(21,22)23/h2-10H,1H3,(H2,24,25,26)/t10-/m0/s1. The average Bonchev–Trinajstić information content (AvgIpc) is 2.53. The maximum Gasteiger partial charge on any atom is 0.416 e. The highest BCUT2D eigenvalue weighted by Gasteiger charge is 2.37. The SMILES string of the molecule is C[C@H](NC(=S)Nc1ccccc1)c1cc(C(F)(F)F)cc(C(F)(F)F)c1. The Kier molecular flexibility index (Phi) is 5.80. The minimum absolute atomic E-state index is 0.0784. The fourth-order valence-electron chi connectivity index (χ4n) is 2.20. The van der Waals surface area contributed by atoms with E-state index < -0.39 is 29.5 Å². The molecule has 0 unspecified atom stereocenters. The number of hydrogen-bond acceptors (Lipinski definition) is 1. The number of nitrogens with one attached hydrogen (secondary N) is 2. The zero-order chi connectivity index (χ0) is 19.5. The van der Waals surface area contributed by atoms with Crippen LogP contribution in [-0.2, 0) is 12.4 Å². The van der Waals surface area contributed by atoms with Gasteiger partial charge in [-0.05, 0) is 55.0 Å². The second-order valence-electron chi connectivity index (χ2n) is 5.53. The summed E-state index contributed by atoms with van der Waals surface area (Å²) in [5, 5.41) is 5.57. The van der Waals surface area contributed by atoms with Gasteiger partial charge in [0.05, 0.1) is 17.2 Å². The summed E-state index contributed by atoms with van der Waals surface area (Å²) in [6, 6.07) is 9.28.